The molecular formula is C21H26IN5. The van der Waals surface area contributed by atoms with Crippen molar-refractivity contribution >= 4 is 41.0 Å². The molecule has 0 radical (unpaired) electrons. The van der Waals surface area contributed by atoms with Gasteiger partial charge in [-0.1, -0.05) is 36.4 Å². The molecule has 2 aromatic carbocycles. The van der Waals surface area contributed by atoms with Gasteiger partial charge in [-0.25, -0.2) is 4.98 Å². The number of aryl methyl sites for hydroxylation is 1. The lowest BCUT2D eigenvalue weighted by Gasteiger charge is -2.31. The molecule has 3 aromatic rings. The van der Waals surface area contributed by atoms with Crippen LogP contribution in [0, 0.1) is 6.92 Å². The van der Waals surface area contributed by atoms with Crippen molar-refractivity contribution in [3.8, 4) is 0 Å². The molecular weight excluding hydrogens is 449 g/mol. The van der Waals surface area contributed by atoms with E-state index >= 15 is 0 Å². The van der Waals surface area contributed by atoms with E-state index in [9.17, 15) is 0 Å². The molecule has 5 nitrogen and oxygen atoms in total. The highest BCUT2D eigenvalue weighted by Crippen LogP contribution is 2.18. The Balaban J connectivity index is 0.00000210. The summed E-state index contributed by atoms with van der Waals surface area (Å²) in [5.41, 5.74) is 5.11. The number of fused-ring (bicyclic) bond motifs is 2. The van der Waals surface area contributed by atoms with Gasteiger partial charge in [0.05, 0.1) is 11.0 Å². The van der Waals surface area contributed by atoms with Crippen LogP contribution in [-0.2, 0) is 19.5 Å². The second-order valence-corrected chi connectivity index (χ2v) is 6.71. The fourth-order valence-electron chi connectivity index (χ4n) is 3.77. The van der Waals surface area contributed by atoms with E-state index in [0.29, 0.717) is 0 Å². The maximum Gasteiger partial charge on any atom is 0.194 e. The van der Waals surface area contributed by atoms with E-state index in [4.69, 9.17) is 0 Å². The third kappa shape index (κ3) is 4.10. The van der Waals surface area contributed by atoms with Gasteiger partial charge in [0.2, 0.25) is 0 Å². The van der Waals surface area contributed by atoms with Crippen molar-refractivity contribution in [2.24, 2.45) is 4.99 Å². The lowest BCUT2D eigenvalue weighted by atomic mass is 10.0. The number of aromatic nitrogens is 2. The summed E-state index contributed by atoms with van der Waals surface area (Å²) in [5.74, 6) is 2.02. The zero-order valence-corrected chi connectivity index (χ0v) is 18.2. The Morgan fingerprint density at radius 1 is 1.11 bits per heavy atom. The number of nitrogens with one attached hydrogen (secondary N) is 1. The molecule has 0 spiro atoms. The van der Waals surface area contributed by atoms with Crippen molar-refractivity contribution in [1.82, 2.24) is 19.8 Å². The maximum absolute atomic E-state index is 4.64. The Morgan fingerprint density at radius 3 is 2.67 bits per heavy atom. The van der Waals surface area contributed by atoms with Gasteiger partial charge in [0.1, 0.15) is 5.82 Å². The number of para-hydroxylation sites is 2. The summed E-state index contributed by atoms with van der Waals surface area (Å²) in [6, 6.07) is 17.0. The van der Waals surface area contributed by atoms with Gasteiger partial charge in [0.25, 0.3) is 0 Å². The van der Waals surface area contributed by atoms with Gasteiger partial charge in [-0.05, 0) is 36.6 Å². The van der Waals surface area contributed by atoms with Gasteiger partial charge in [-0.3, -0.25) is 4.99 Å². The van der Waals surface area contributed by atoms with Gasteiger partial charge in [-0.15, -0.1) is 24.0 Å². The highest BCUT2D eigenvalue weighted by Gasteiger charge is 2.18. The number of aliphatic imine (C=N–C) groups is 1. The number of nitrogens with zero attached hydrogens (tertiary/aromatic N) is 4. The predicted molar refractivity (Wildman–Crippen MR) is 122 cm³/mol. The molecule has 0 unspecified atom stereocenters. The zero-order chi connectivity index (χ0) is 17.9. The molecule has 0 saturated carbocycles. The summed E-state index contributed by atoms with van der Waals surface area (Å²) in [7, 11) is 1.86. The standard InChI is InChI=1S/C21H25N5.HI/c1-16-24-19-9-5-6-10-20(19)26(16)14-12-23-21(22-2)25-13-11-17-7-3-4-8-18(17)15-25;/h3-10H,11-15H2,1-2H3,(H,22,23);1H. The first-order chi connectivity index (χ1) is 12.8. The van der Waals surface area contributed by atoms with Crippen molar-refractivity contribution in [2.75, 3.05) is 20.1 Å². The molecule has 1 aliphatic rings. The lowest BCUT2D eigenvalue weighted by Crippen LogP contribution is -2.44. The van der Waals surface area contributed by atoms with Crippen LogP contribution in [-0.4, -0.2) is 40.5 Å². The molecule has 0 atom stereocenters. The third-order valence-electron chi connectivity index (χ3n) is 5.11. The molecule has 0 fully saturated rings. The van der Waals surface area contributed by atoms with Crippen LogP contribution in [0.3, 0.4) is 0 Å². The topological polar surface area (TPSA) is 45.5 Å². The summed E-state index contributed by atoms with van der Waals surface area (Å²) in [6.45, 7) is 5.69. The molecule has 0 saturated heterocycles. The van der Waals surface area contributed by atoms with Crippen LogP contribution in [0.15, 0.2) is 53.5 Å². The average molecular weight is 475 g/mol. The Hall–Kier alpha value is -2.09. The molecule has 1 aromatic heterocycles. The van der Waals surface area contributed by atoms with Crippen LogP contribution >= 0.6 is 24.0 Å². The zero-order valence-electron chi connectivity index (χ0n) is 15.9. The second kappa shape index (κ2) is 8.73. The quantitative estimate of drug-likeness (QED) is 0.358. The summed E-state index contributed by atoms with van der Waals surface area (Å²) >= 11 is 0. The van der Waals surface area contributed by atoms with E-state index < -0.39 is 0 Å². The average Bonchev–Trinajstić information content (AvgIpc) is 3.00. The summed E-state index contributed by atoms with van der Waals surface area (Å²) < 4.78 is 2.26. The van der Waals surface area contributed by atoms with Gasteiger partial charge >= 0.3 is 0 Å². The number of imidazole rings is 1. The number of hydrogen-bond acceptors (Lipinski definition) is 2. The molecule has 6 heteroatoms. The predicted octanol–water partition coefficient (Wildman–Crippen LogP) is 3.60. The third-order valence-corrected chi connectivity index (χ3v) is 5.11. The van der Waals surface area contributed by atoms with Crippen LogP contribution in [0.25, 0.3) is 11.0 Å². The van der Waals surface area contributed by atoms with Crippen LogP contribution in [0.5, 0.6) is 0 Å². The lowest BCUT2D eigenvalue weighted by molar-refractivity contribution is 0.378. The number of halogens is 1. The monoisotopic (exact) mass is 475 g/mol. The van der Waals surface area contributed by atoms with Crippen molar-refractivity contribution in [2.45, 2.75) is 26.4 Å². The van der Waals surface area contributed by atoms with Gasteiger partial charge < -0.3 is 14.8 Å². The summed E-state index contributed by atoms with van der Waals surface area (Å²) in [4.78, 5) is 11.5. The molecule has 142 valence electrons. The van der Waals surface area contributed by atoms with Gasteiger partial charge in [0, 0.05) is 33.2 Å². The molecule has 4 rings (SSSR count). The van der Waals surface area contributed by atoms with E-state index in [1.807, 2.05) is 13.1 Å². The maximum atomic E-state index is 4.64. The van der Waals surface area contributed by atoms with Crippen LogP contribution < -0.4 is 5.32 Å². The van der Waals surface area contributed by atoms with E-state index in [1.165, 1.54) is 16.6 Å². The van der Waals surface area contributed by atoms with Crippen molar-refractivity contribution < 1.29 is 0 Å². The van der Waals surface area contributed by atoms with Crippen molar-refractivity contribution in [1.29, 1.82) is 0 Å². The SMILES string of the molecule is CN=C(NCCn1c(C)nc2ccccc21)N1CCc2ccccc2C1.I. The number of rotatable bonds is 3. The van der Waals surface area contributed by atoms with Crippen molar-refractivity contribution in [3.63, 3.8) is 0 Å². The Kier molecular flexibility index (Phi) is 6.36. The van der Waals surface area contributed by atoms with Crippen molar-refractivity contribution in [3.05, 3.63) is 65.5 Å². The van der Waals surface area contributed by atoms with Crippen LogP contribution in [0.2, 0.25) is 0 Å². The largest absolute Gasteiger partial charge is 0.354 e. The molecule has 1 N–H and O–H groups in total. The normalized spacial score (nSPS) is 14.0. The minimum absolute atomic E-state index is 0. The first-order valence-electron chi connectivity index (χ1n) is 9.20. The Labute approximate surface area is 177 Å². The number of hydrogen-bond donors (Lipinski definition) is 1. The van der Waals surface area contributed by atoms with E-state index in [-0.39, 0.29) is 24.0 Å². The highest BCUT2D eigenvalue weighted by atomic mass is 127. The minimum atomic E-state index is 0. The molecule has 2 heterocycles. The number of guanidine groups is 1. The van der Waals surface area contributed by atoms with E-state index in [2.05, 4.69) is 74.1 Å². The van der Waals surface area contributed by atoms with E-state index in [0.717, 1.165) is 49.9 Å². The first kappa shape index (κ1) is 19.7. The molecule has 1 aliphatic heterocycles. The number of benzene rings is 2. The fourth-order valence-corrected chi connectivity index (χ4v) is 3.77. The fraction of sp³-hybridized carbons (Fsp3) is 0.333. The second-order valence-electron chi connectivity index (χ2n) is 6.71. The van der Waals surface area contributed by atoms with Crippen LogP contribution in [0.1, 0.15) is 17.0 Å². The molecule has 0 bridgehead atoms. The highest BCUT2D eigenvalue weighted by molar-refractivity contribution is 14.0. The van der Waals surface area contributed by atoms with E-state index in [1.54, 1.807) is 0 Å². The van der Waals surface area contributed by atoms with Gasteiger partial charge in [-0.2, -0.15) is 0 Å². The van der Waals surface area contributed by atoms with Gasteiger partial charge in [0.15, 0.2) is 5.96 Å². The summed E-state index contributed by atoms with van der Waals surface area (Å²) in [5, 5.41) is 3.53. The molecule has 0 amide bonds. The molecule has 27 heavy (non-hydrogen) atoms. The first-order valence-corrected chi connectivity index (χ1v) is 9.20. The summed E-state index contributed by atoms with van der Waals surface area (Å²) in [6.07, 6.45) is 1.07. The molecule has 0 aliphatic carbocycles. The smallest absolute Gasteiger partial charge is 0.194 e. The van der Waals surface area contributed by atoms with Crippen LogP contribution in [0.4, 0.5) is 0 Å². The Bertz CT molecular complexity index is 947. The Morgan fingerprint density at radius 2 is 1.85 bits per heavy atom. The minimum Gasteiger partial charge on any atom is -0.354 e.